The first kappa shape index (κ1) is 23.5. The van der Waals surface area contributed by atoms with Gasteiger partial charge in [-0.15, -0.1) is 0 Å². The number of primary sulfonamides is 1. The number of hydrogen-bond donors (Lipinski definition) is 2. The molecule has 0 spiro atoms. The van der Waals surface area contributed by atoms with Crippen LogP contribution in [0.4, 0.5) is 8.78 Å². The highest BCUT2D eigenvalue weighted by atomic mass is 32.2. The summed E-state index contributed by atoms with van der Waals surface area (Å²) in [5, 5.41) is 8.22. The van der Waals surface area contributed by atoms with Crippen LogP contribution in [0.1, 0.15) is 22.6 Å². The summed E-state index contributed by atoms with van der Waals surface area (Å²) in [4.78, 5) is 3.86. The molecule has 0 bridgehead atoms. The maximum atomic E-state index is 14.8. The monoisotopic (exact) mass is 477 g/mol. The third-order valence-electron chi connectivity index (χ3n) is 6.21. The number of hydrogen-bond acceptors (Lipinski definition) is 5. The number of quaternary nitrogens is 1. The summed E-state index contributed by atoms with van der Waals surface area (Å²) in [6, 6.07) is 9.86. The standard InChI is InChI=1S/C23H27F2N4O3S/c1-27-21-11-16-10-20(25)22(12-18(16)19(21)9-15-4-3-5-17(24)8-15)32-7-6-29(2)13-23(28-14-29)33(26,30)31/h3-5,8,10,12-14,19,21,27H,6-7,9,11H2,1-2H3,(H2,26,30,31)/q+1. The lowest BCUT2D eigenvalue weighted by molar-refractivity contribution is -0.756. The molecule has 0 radical (unpaired) electrons. The number of sulfonamides is 1. The predicted octanol–water partition coefficient (Wildman–Crippen LogP) is 2.39. The maximum absolute atomic E-state index is 14.8. The molecule has 1 aliphatic carbocycles. The number of halogens is 2. The van der Waals surface area contributed by atoms with Crippen molar-refractivity contribution in [3.05, 3.63) is 76.0 Å². The Morgan fingerprint density at radius 2 is 2.06 bits per heavy atom. The fourth-order valence-electron chi connectivity index (χ4n) is 4.44. The Hall–Kier alpha value is -2.66. The second-order valence-electron chi connectivity index (χ2n) is 8.70. The lowest BCUT2D eigenvalue weighted by Crippen LogP contribution is -2.39. The molecule has 0 aromatic heterocycles. The molecule has 0 amide bonds. The van der Waals surface area contributed by atoms with Gasteiger partial charge in [-0.1, -0.05) is 12.1 Å². The summed E-state index contributed by atoms with van der Waals surface area (Å²) in [7, 11) is -0.274. The van der Waals surface area contributed by atoms with Crippen LogP contribution >= 0.6 is 0 Å². The van der Waals surface area contributed by atoms with Gasteiger partial charge in [-0.2, -0.15) is 4.99 Å². The van der Waals surface area contributed by atoms with E-state index in [9.17, 15) is 17.2 Å². The van der Waals surface area contributed by atoms with E-state index in [4.69, 9.17) is 9.88 Å². The first-order valence-electron chi connectivity index (χ1n) is 10.6. The molecule has 7 nitrogen and oxygen atoms in total. The Labute approximate surface area is 192 Å². The molecule has 176 valence electrons. The van der Waals surface area contributed by atoms with Crippen molar-refractivity contribution in [2.75, 3.05) is 27.2 Å². The number of nitrogens with zero attached hydrogens (tertiary/aromatic N) is 2. The zero-order chi connectivity index (χ0) is 23.8. The van der Waals surface area contributed by atoms with Crippen LogP contribution in [0.3, 0.4) is 0 Å². The zero-order valence-electron chi connectivity index (χ0n) is 18.5. The summed E-state index contributed by atoms with van der Waals surface area (Å²) < 4.78 is 57.2. The van der Waals surface area contributed by atoms with Gasteiger partial charge in [0.25, 0.3) is 10.0 Å². The third kappa shape index (κ3) is 5.14. The molecule has 1 aliphatic heterocycles. The van der Waals surface area contributed by atoms with Crippen molar-refractivity contribution >= 4 is 16.4 Å². The van der Waals surface area contributed by atoms with Crippen LogP contribution in [0, 0.1) is 11.6 Å². The van der Waals surface area contributed by atoms with Gasteiger partial charge >= 0.3 is 0 Å². The molecular formula is C23H27F2N4O3S+. The Kier molecular flexibility index (Phi) is 6.37. The second kappa shape index (κ2) is 8.94. The fourth-order valence-corrected chi connectivity index (χ4v) is 5.02. The summed E-state index contributed by atoms with van der Waals surface area (Å²) in [5.74, 6) is -0.552. The quantitative estimate of drug-likeness (QED) is 0.571. The highest BCUT2D eigenvalue weighted by molar-refractivity contribution is 7.93. The van der Waals surface area contributed by atoms with E-state index in [0.717, 1.165) is 16.7 Å². The average molecular weight is 478 g/mol. The molecule has 3 N–H and O–H groups in total. The number of benzene rings is 2. The van der Waals surface area contributed by atoms with Crippen LogP contribution in [0.15, 0.2) is 52.6 Å². The van der Waals surface area contributed by atoms with Crippen molar-refractivity contribution in [1.29, 1.82) is 0 Å². The Bertz CT molecular complexity index is 1230. The van der Waals surface area contributed by atoms with E-state index in [0.29, 0.717) is 19.4 Å². The number of nitrogens with one attached hydrogen (secondary N) is 1. The zero-order valence-corrected chi connectivity index (χ0v) is 19.3. The minimum Gasteiger partial charge on any atom is -0.485 e. The number of rotatable bonds is 8. The van der Waals surface area contributed by atoms with E-state index in [1.165, 1.54) is 30.7 Å². The third-order valence-corrected chi connectivity index (χ3v) is 7.00. The van der Waals surface area contributed by atoms with Gasteiger partial charge in [0.1, 0.15) is 25.2 Å². The fraction of sp³-hybridized carbons (Fsp3) is 0.348. The number of likely N-dealkylation sites (N-methyl/N-ethyl adjacent to an activating group) is 2. The van der Waals surface area contributed by atoms with Gasteiger partial charge in [-0.25, -0.2) is 22.3 Å². The molecule has 2 aliphatic rings. The van der Waals surface area contributed by atoms with Crippen LogP contribution in [0.5, 0.6) is 5.75 Å². The molecular weight excluding hydrogens is 450 g/mol. The maximum Gasteiger partial charge on any atom is 0.261 e. The van der Waals surface area contributed by atoms with Crippen molar-refractivity contribution < 1.29 is 26.4 Å². The minimum absolute atomic E-state index is 0.0465. The largest absolute Gasteiger partial charge is 0.485 e. The first-order valence-corrected chi connectivity index (χ1v) is 12.2. The van der Waals surface area contributed by atoms with Gasteiger partial charge in [-0.05, 0) is 60.8 Å². The van der Waals surface area contributed by atoms with E-state index in [1.807, 2.05) is 13.1 Å². The number of aliphatic imine (C=N–C) groups is 1. The summed E-state index contributed by atoms with van der Waals surface area (Å²) in [5.41, 5.74) is 2.77. The lowest BCUT2D eigenvalue weighted by atomic mass is 9.90. The average Bonchev–Trinajstić information content (AvgIpc) is 3.29. The summed E-state index contributed by atoms with van der Waals surface area (Å²) >= 11 is 0. The van der Waals surface area contributed by atoms with Crippen LogP contribution < -0.4 is 15.2 Å². The molecule has 3 unspecified atom stereocenters. The van der Waals surface area contributed by atoms with Gasteiger partial charge in [0.05, 0.1) is 7.05 Å². The summed E-state index contributed by atoms with van der Waals surface area (Å²) in [6.07, 6.45) is 4.17. The van der Waals surface area contributed by atoms with E-state index >= 15 is 0 Å². The highest BCUT2D eigenvalue weighted by Gasteiger charge is 2.33. The molecule has 33 heavy (non-hydrogen) atoms. The molecule has 10 heteroatoms. The van der Waals surface area contributed by atoms with E-state index in [2.05, 4.69) is 10.3 Å². The lowest BCUT2D eigenvalue weighted by Gasteiger charge is -2.22. The van der Waals surface area contributed by atoms with E-state index in [-0.39, 0.29) is 39.6 Å². The first-order chi connectivity index (χ1) is 15.6. The molecule has 2 aromatic rings. The predicted molar refractivity (Wildman–Crippen MR) is 122 cm³/mol. The molecule has 0 fully saturated rings. The van der Waals surface area contributed by atoms with Crippen LogP contribution in [-0.4, -0.2) is 52.5 Å². The Balaban J connectivity index is 1.50. The van der Waals surface area contributed by atoms with Crippen LogP contribution in [0.25, 0.3) is 0 Å². The summed E-state index contributed by atoms with van der Waals surface area (Å²) in [6.45, 7) is 0.474. The van der Waals surface area contributed by atoms with Gasteiger partial charge in [-0.3, -0.25) is 4.48 Å². The highest BCUT2D eigenvalue weighted by Crippen LogP contribution is 2.39. The molecule has 0 saturated heterocycles. The number of ether oxygens (including phenoxy) is 1. The van der Waals surface area contributed by atoms with Crippen LogP contribution in [0.2, 0.25) is 0 Å². The molecule has 4 rings (SSSR count). The number of fused-ring (bicyclic) bond motifs is 1. The van der Waals surface area contributed by atoms with Crippen molar-refractivity contribution in [3.8, 4) is 5.75 Å². The number of nitrogens with two attached hydrogens (primary N) is 1. The Morgan fingerprint density at radius 1 is 1.27 bits per heavy atom. The van der Waals surface area contributed by atoms with Crippen molar-refractivity contribution in [3.63, 3.8) is 0 Å². The Morgan fingerprint density at radius 3 is 2.73 bits per heavy atom. The minimum atomic E-state index is -3.89. The second-order valence-corrected chi connectivity index (χ2v) is 10.2. The molecule has 1 heterocycles. The molecule has 2 aromatic carbocycles. The van der Waals surface area contributed by atoms with Crippen molar-refractivity contribution in [2.45, 2.75) is 24.8 Å². The topological polar surface area (TPSA) is 93.8 Å². The van der Waals surface area contributed by atoms with Crippen molar-refractivity contribution in [2.24, 2.45) is 10.1 Å². The van der Waals surface area contributed by atoms with Gasteiger partial charge < -0.3 is 10.1 Å². The van der Waals surface area contributed by atoms with Gasteiger partial charge in [0.2, 0.25) is 5.03 Å². The van der Waals surface area contributed by atoms with Crippen molar-refractivity contribution in [1.82, 2.24) is 5.32 Å². The van der Waals surface area contributed by atoms with E-state index < -0.39 is 15.8 Å². The van der Waals surface area contributed by atoms with Crippen LogP contribution in [-0.2, 0) is 22.9 Å². The smallest absolute Gasteiger partial charge is 0.261 e. The molecule has 0 saturated carbocycles. The van der Waals surface area contributed by atoms with E-state index in [1.54, 1.807) is 19.2 Å². The normalized spacial score (nSPS) is 24.1. The van der Waals surface area contributed by atoms with Gasteiger partial charge in [0.15, 0.2) is 17.9 Å². The van der Waals surface area contributed by atoms with Gasteiger partial charge in [0, 0.05) is 12.0 Å². The SMILES string of the molecule is CNC1Cc2cc(F)c(OCC[N+]3(C)C=NC(S(N)(=O)=O)=C3)cc2C1Cc1cccc(F)c1. The molecule has 3 atom stereocenters.